The van der Waals surface area contributed by atoms with Gasteiger partial charge in [0.25, 0.3) is 0 Å². The van der Waals surface area contributed by atoms with Crippen molar-refractivity contribution >= 4 is 11.0 Å². The van der Waals surface area contributed by atoms with Crippen molar-refractivity contribution in [3.63, 3.8) is 0 Å². The van der Waals surface area contributed by atoms with Crippen LogP contribution in [0.4, 0.5) is 0 Å². The average Bonchev–Trinajstić information content (AvgIpc) is 3.15. The lowest BCUT2D eigenvalue weighted by atomic mass is 9.99. The predicted octanol–water partition coefficient (Wildman–Crippen LogP) is 3.94. The van der Waals surface area contributed by atoms with Crippen LogP contribution in [0.5, 0.6) is 5.75 Å². The molecule has 3 aromatic rings. The van der Waals surface area contributed by atoms with E-state index in [1.54, 1.807) is 0 Å². The Bertz CT molecular complexity index is 1050. The van der Waals surface area contributed by atoms with Crippen molar-refractivity contribution in [2.45, 2.75) is 39.3 Å². The molecule has 1 aromatic heterocycles. The van der Waals surface area contributed by atoms with Crippen LogP contribution < -0.4 is 10.4 Å². The lowest BCUT2D eigenvalue weighted by Crippen LogP contribution is -2.32. The van der Waals surface area contributed by atoms with Crippen molar-refractivity contribution in [2.24, 2.45) is 0 Å². The number of fused-ring (bicyclic) bond motifs is 4. The van der Waals surface area contributed by atoms with Crippen molar-refractivity contribution in [2.75, 3.05) is 6.73 Å². The van der Waals surface area contributed by atoms with Gasteiger partial charge in [-0.1, -0.05) is 30.3 Å². The molecule has 4 nitrogen and oxygen atoms in total. The monoisotopic (exact) mass is 347 g/mol. The number of rotatable bonds is 2. The van der Waals surface area contributed by atoms with E-state index in [1.807, 2.05) is 13.0 Å². The van der Waals surface area contributed by atoms with Crippen molar-refractivity contribution < 1.29 is 9.15 Å². The Morgan fingerprint density at radius 3 is 2.77 bits per heavy atom. The summed E-state index contributed by atoms with van der Waals surface area (Å²) < 4.78 is 11.7. The van der Waals surface area contributed by atoms with Gasteiger partial charge in [-0.2, -0.15) is 0 Å². The van der Waals surface area contributed by atoms with Crippen LogP contribution >= 0.6 is 0 Å². The van der Waals surface area contributed by atoms with Gasteiger partial charge in [0.05, 0.1) is 0 Å². The van der Waals surface area contributed by atoms with Crippen LogP contribution in [0.15, 0.2) is 45.6 Å². The number of benzene rings is 2. The van der Waals surface area contributed by atoms with E-state index >= 15 is 0 Å². The van der Waals surface area contributed by atoms with Crippen molar-refractivity contribution in [3.8, 4) is 5.75 Å². The van der Waals surface area contributed by atoms with Crippen LogP contribution in [0.1, 0.15) is 34.2 Å². The van der Waals surface area contributed by atoms with E-state index in [-0.39, 0.29) is 5.63 Å². The zero-order valence-electron chi connectivity index (χ0n) is 14.9. The molecule has 1 aliphatic carbocycles. The molecule has 4 heteroatoms. The Morgan fingerprint density at radius 2 is 1.92 bits per heavy atom. The first-order chi connectivity index (χ1) is 12.7. The molecule has 5 rings (SSSR count). The molecule has 0 fully saturated rings. The summed E-state index contributed by atoms with van der Waals surface area (Å²) in [4.78, 5) is 14.6. The van der Waals surface area contributed by atoms with Crippen LogP contribution in [0, 0.1) is 6.92 Å². The second-order valence-electron chi connectivity index (χ2n) is 7.31. The standard InChI is InChI=1S/C22H21NO3/c1-14-20-16(12-23(13-25-20)11-15-6-3-2-4-7-15)10-19-17-8-5-9-18(17)22(24)26-21(14)19/h2-4,6-7,10H,5,8-9,11-13H2,1H3. The summed E-state index contributed by atoms with van der Waals surface area (Å²) in [5.41, 5.74) is 5.99. The fourth-order valence-corrected chi connectivity index (χ4v) is 4.33. The zero-order chi connectivity index (χ0) is 17.7. The molecule has 0 bridgehead atoms. The fourth-order valence-electron chi connectivity index (χ4n) is 4.33. The fraction of sp³-hybridized carbons (Fsp3) is 0.318. The van der Waals surface area contributed by atoms with E-state index in [0.29, 0.717) is 12.3 Å². The van der Waals surface area contributed by atoms with Gasteiger partial charge < -0.3 is 9.15 Å². The van der Waals surface area contributed by atoms with Crippen molar-refractivity contribution in [1.82, 2.24) is 4.90 Å². The third-order valence-electron chi connectivity index (χ3n) is 5.55. The minimum absolute atomic E-state index is 0.172. The van der Waals surface area contributed by atoms with Gasteiger partial charge in [-0.05, 0) is 43.4 Å². The third-order valence-corrected chi connectivity index (χ3v) is 5.55. The summed E-state index contributed by atoms with van der Waals surface area (Å²) in [5.74, 6) is 0.878. The summed E-state index contributed by atoms with van der Waals surface area (Å²) in [6.07, 6.45) is 2.83. The second-order valence-corrected chi connectivity index (χ2v) is 7.31. The van der Waals surface area contributed by atoms with Crippen LogP contribution in [-0.4, -0.2) is 11.6 Å². The topological polar surface area (TPSA) is 42.7 Å². The summed E-state index contributed by atoms with van der Waals surface area (Å²) in [7, 11) is 0. The highest BCUT2D eigenvalue weighted by Gasteiger charge is 2.26. The normalized spacial score (nSPS) is 16.3. The predicted molar refractivity (Wildman–Crippen MR) is 100 cm³/mol. The smallest absolute Gasteiger partial charge is 0.339 e. The number of ether oxygens (including phenoxy) is 1. The van der Waals surface area contributed by atoms with Crippen molar-refractivity contribution in [3.05, 3.63) is 74.6 Å². The molecular weight excluding hydrogens is 326 g/mol. The number of hydrogen-bond donors (Lipinski definition) is 0. The van der Waals surface area contributed by atoms with Gasteiger partial charge >= 0.3 is 5.63 Å². The van der Waals surface area contributed by atoms with Gasteiger partial charge in [0.2, 0.25) is 0 Å². The Morgan fingerprint density at radius 1 is 1.12 bits per heavy atom. The summed E-state index contributed by atoms with van der Waals surface area (Å²) in [5, 5.41) is 1.10. The Hall–Kier alpha value is -2.59. The molecule has 0 saturated carbocycles. The maximum Gasteiger partial charge on any atom is 0.339 e. The van der Waals surface area contributed by atoms with Crippen molar-refractivity contribution in [1.29, 1.82) is 0 Å². The highest BCUT2D eigenvalue weighted by Crippen LogP contribution is 2.38. The van der Waals surface area contributed by atoms with Gasteiger partial charge in [-0.25, -0.2) is 4.79 Å². The largest absolute Gasteiger partial charge is 0.477 e. The van der Waals surface area contributed by atoms with E-state index in [4.69, 9.17) is 9.15 Å². The van der Waals surface area contributed by atoms with Gasteiger partial charge in [-0.15, -0.1) is 0 Å². The molecule has 0 saturated heterocycles. The second kappa shape index (κ2) is 5.99. The highest BCUT2D eigenvalue weighted by molar-refractivity contribution is 5.87. The quantitative estimate of drug-likeness (QED) is 0.659. The molecule has 0 radical (unpaired) electrons. The lowest BCUT2D eigenvalue weighted by molar-refractivity contribution is 0.0881. The highest BCUT2D eigenvalue weighted by atomic mass is 16.5. The minimum Gasteiger partial charge on any atom is -0.477 e. The van der Waals surface area contributed by atoms with E-state index in [0.717, 1.165) is 54.6 Å². The molecular formula is C22H21NO3. The summed E-state index contributed by atoms with van der Waals surface area (Å²) in [6, 6.07) is 12.6. The molecule has 1 aliphatic heterocycles. The molecule has 0 unspecified atom stereocenters. The number of hydrogen-bond acceptors (Lipinski definition) is 4. The number of nitrogens with zero attached hydrogens (tertiary/aromatic N) is 1. The average molecular weight is 347 g/mol. The Balaban J connectivity index is 1.57. The van der Waals surface area contributed by atoms with Crippen LogP contribution in [0.2, 0.25) is 0 Å². The lowest BCUT2D eigenvalue weighted by Gasteiger charge is -2.30. The molecule has 0 atom stereocenters. The first-order valence-electron chi connectivity index (χ1n) is 9.21. The van der Waals surface area contributed by atoms with Gasteiger partial charge in [0, 0.05) is 35.2 Å². The molecule has 2 heterocycles. The van der Waals surface area contributed by atoms with Gasteiger partial charge in [0.15, 0.2) is 0 Å². The van der Waals surface area contributed by atoms with Crippen LogP contribution in [0.25, 0.3) is 11.0 Å². The van der Waals surface area contributed by atoms with Crippen LogP contribution in [0.3, 0.4) is 0 Å². The molecule has 132 valence electrons. The van der Waals surface area contributed by atoms with E-state index < -0.39 is 0 Å². The molecule has 26 heavy (non-hydrogen) atoms. The third kappa shape index (κ3) is 2.44. The summed E-state index contributed by atoms with van der Waals surface area (Å²) in [6.45, 7) is 4.25. The molecule has 2 aromatic carbocycles. The van der Waals surface area contributed by atoms with Crippen LogP contribution in [-0.2, 0) is 25.9 Å². The number of aryl methyl sites for hydroxylation is 2. The zero-order valence-corrected chi connectivity index (χ0v) is 14.9. The maximum atomic E-state index is 12.3. The molecule has 0 amide bonds. The van der Waals surface area contributed by atoms with Gasteiger partial charge in [-0.3, -0.25) is 4.90 Å². The molecule has 0 spiro atoms. The SMILES string of the molecule is Cc1c2c(cc3c4c(c(=O)oc13)CCC4)CN(Cc1ccccc1)CO2. The van der Waals surface area contributed by atoms with E-state index in [2.05, 4.69) is 35.2 Å². The summed E-state index contributed by atoms with van der Waals surface area (Å²) >= 11 is 0. The Labute approximate surface area is 152 Å². The molecule has 0 N–H and O–H groups in total. The molecule has 2 aliphatic rings. The van der Waals surface area contributed by atoms with E-state index in [1.165, 1.54) is 16.7 Å². The first-order valence-corrected chi connectivity index (χ1v) is 9.21. The van der Waals surface area contributed by atoms with E-state index in [9.17, 15) is 4.79 Å². The Kier molecular flexibility index (Phi) is 3.61. The van der Waals surface area contributed by atoms with Gasteiger partial charge in [0.1, 0.15) is 18.1 Å². The maximum absolute atomic E-state index is 12.3. The minimum atomic E-state index is -0.172. The first kappa shape index (κ1) is 15.6.